The molecule has 0 aromatic heterocycles. The lowest BCUT2D eigenvalue weighted by Crippen LogP contribution is -2.52. The summed E-state index contributed by atoms with van der Waals surface area (Å²) in [5.74, 6) is 0.422. The third kappa shape index (κ3) is 5.02. The zero-order chi connectivity index (χ0) is 15.1. The van der Waals surface area contributed by atoms with Gasteiger partial charge in [-0.1, -0.05) is 27.2 Å². The van der Waals surface area contributed by atoms with Gasteiger partial charge in [-0.3, -0.25) is 0 Å². The molecule has 5 nitrogen and oxygen atoms in total. The number of amides is 2. The highest BCUT2D eigenvalue weighted by molar-refractivity contribution is 5.83. The summed E-state index contributed by atoms with van der Waals surface area (Å²) in [5.41, 5.74) is 0. The van der Waals surface area contributed by atoms with Gasteiger partial charge in [0.1, 0.15) is 6.04 Å². The Kier molecular flexibility index (Phi) is 6.82. The van der Waals surface area contributed by atoms with Crippen molar-refractivity contribution in [2.45, 2.75) is 65.0 Å². The molecule has 20 heavy (non-hydrogen) atoms. The summed E-state index contributed by atoms with van der Waals surface area (Å²) in [5, 5.41) is 5.72. The van der Waals surface area contributed by atoms with E-state index >= 15 is 0 Å². The number of urea groups is 1. The molecule has 2 unspecified atom stereocenters. The summed E-state index contributed by atoms with van der Waals surface area (Å²) in [6, 6.07) is -0.616. The Morgan fingerprint density at radius 1 is 1.25 bits per heavy atom. The van der Waals surface area contributed by atoms with Gasteiger partial charge >= 0.3 is 12.0 Å². The number of ether oxygens (including phenoxy) is 1. The van der Waals surface area contributed by atoms with Crippen LogP contribution < -0.4 is 10.6 Å². The van der Waals surface area contributed by atoms with E-state index < -0.39 is 6.04 Å². The molecule has 2 amide bonds. The van der Waals surface area contributed by atoms with E-state index in [4.69, 9.17) is 4.74 Å². The molecule has 1 rings (SSSR count). The van der Waals surface area contributed by atoms with Gasteiger partial charge in [-0.2, -0.15) is 0 Å². The quantitative estimate of drug-likeness (QED) is 0.762. The molecule has 5 heteroatoms. The Balaban J connectivity index is 2.47. The molecule has 0 saturated heterocycles. The maximum atomic E-state index is 12.0. The molecule has 2 atom stereocenters. The number of hydrogen-bond acceptors (Lipinski definition) is 3. The number of carbonyl (C=O) groups is 2. The van der Waals surface area contributed by atoms with Crippen molar-refractivity contribution in [3.63, 3.8) is 0 Å². The van der Waals surface area contributed by atoms with Gasteiger partial charge in [0.05, 0.1) is 7.11 Å². The number of esters is 1. The zero-order valence-corrected chi connectivity index (χ0v) is 13.1. The smallest absolute Gasteiger partial charge is 0.328 e. The summed E-state index contributed by atoms with van der Waals surface area (Å²) in [4.78, 5) is 23.7. The van der Waals surface area contributed by atoms with Crippen LogP contribution in [0.25, 0.3) is 0 Å². The summed E-state index contributed by atoms with van der Waals surface area (Å²) < 4.78 is 4.76. The van der Waals surface area contributed by atoms with Crippen molar-refractivity contribution in [3.8, 4) is 0 Å². The van der Waals surface area contributed by atoms with E-state index in [0.29, 0.717) is 0 Å². The standard InChI is InChI=1S/C15H28N2O3/c1-5-11(3)13(14(18)20-4)17-15(19)16-12-8-6-10(2)7-9-12/h10-13H,5-9H2,1-4H3,(H2,16,17,19). The van der Waals surface area contributed by atoms with Crippen LogP contribution in [0.2, 0.25) is 0 Å². The van der Waals surface area contributed by atoms with E-state index in [1.54, 1.807) is 0 Å². The lowest BCUT2D eigenvalue weighted by Gasteiger charge is -2.28. The monoisotopic (exact) mass is 284 g/mol. The molecule has 0 spiro atoms. The first-order valence-corrected chi connectivity index (χ1v) is 7.62. The summed E-state index contributed by atoms with van der Waals surface area (Å²) in [7, 11) is 1.35. The van der Waals surface area contributed by atoms with Crippen LogP contribution in [0.3, 0.4) is 0 Å². The van der Waals surface area contributed by atoms with Crippen LogP contribution >= 0.6 is 0 Å². The van der Waals surface area contributed by atoms with Crippen molar-refractivity contribution in [1.82, 2.24) is 10.6 Å². The minimum Gasteiger partial charge on any atom is -0.467 e. The van der Waals surface area contributed by atoms with E-state index in [1.807, 2.05) is 13.8 Å². The minimum absolute atomic E-state index is 0.0552. The number of rotatable bonds is 5. The predicted molar refractivity (Wildman–Crippen MR) is 78.3 cm³/mol. The summed E-state index contributed by atoms with van der Waals surface area (Å²) in [6.45, 7) is 6.17. The first kappa shape index (κ1) is 16.8. The largest absolute Gasteiger partial charge is 0.467 e. The van der Waals surface area contributed by atoms with E-state index in [-0.39, 0.29) is 24.0 Å². The fraction of sp³-hybridized carbons (Fsp3) is 0.867. The molecule has 0 aromatic carbocycles. The number of nitrogens with one attached hydrogen (secondary N) is 2. The van der Waals surface area contributed by atoms with Crippen molar-refractivity contribution < 1.29 is 14.3 Å². The predicted octanol–water partition coefficient (Wildman–Crippen LogP) is 2.45. The number of hydrogen-bond donors (Lipinski definition) is 2. The summed E-state index contributed by atoms with van der Waals surface area (Å²) in [6.07, 6.45) is 5.14. The second-order valence-electron chi connectivity index (χ2n) is 5.96. The Labute approximate surface area is 121 Å². The molecule has 1 aliphatic carbocycles. The first-order valence-electron chi connectivity index (χ1n) is 7.62. The van der Waals surface area contributed by atoms with Crippen molar-refractivity contribution >= 4 is 12.0 Å². The molecular weight excluding hydrogens is 256 g/mol. The molecule has 0 radical (unpaired) electrons. The minimum atomic E-state index is -0.576. The van der Waals surface area contributed by atoms with E-state index in [2.05, 4.69) is 17.6 Å². The van der Waals surface area contributed by atoms with Gasteiger partial charge in [-0.15, -0.1) is 0 Å². The van der Waals surface area contributed by atoms with Crippen LogP contribution in [0.5, 0.6) is 0 Å². The fourth-order valence-electron chi connectivity index (χ4n) is 2.57. The SMILES string of the molecule is CCC(C)C(NC(=O)NC1CCC(C)CC1)C(=O)OC. The molecule has 2 N–H and O–H groups in total. The maximum Gasteiger partial charge on any atom is 0.328 e. The molecule has 116 valence electrons. The van der Waals surface area contributed by atoms with Gasteiger partial charge < -0.3 is 15.4 Å². The van der Waals surface area contributed by atoms with Gasteiger partial charge in [0.2, 0.25) is 0 Å². The fourth-order valence-corrected chi connectivity index (χ4v) is 2.57. The van der Waals surface area contributed by atoms with E-state index in [0.717, 1.165) is 38.0 Å². The highest BCUT2D eigenvalue weighted by Gasteiger charge is 2.28. The van der Waals surface area contributed by atoms with Crippen LogP contribution in [0, 0.1) is 11.8 Å². The Hall–Kier alpha value is -1.26. The molecular formula is C15H28N2O3. The lowest BCUT2D eigenvalue weighted by atomic mass is 9.87. The second kappa shape index (κ2) is 8.12. The van der Waals surface area contributed by atoms with Gasteiger partial charge in [0, 0.05) is 6.04 Å². The molecule has 0 heterocycles. The average Bonchev–Trinajstić information content (AvgIpc) is 2.45. The molecule has 0 aliphatic heterocycles. The number of methoxy groups -OCH3 is 1. The molecule has 1 fully saturated rings. The normalized spacial score (nSPS) is 25.4. The van der Waals surface area contributed by atoms with Gasteiger partial charge in [-0.05, 0) is 37.5 Å². The third-order valence-electron chi connectivity index (χ3n) is 4.31. The maximum absolute atomic E-state index is 12.0. The topological polar surface area (TPSA) is 67.4 Å². The Morgan fingerprint density at radius 2 is 1.85 bits per heavy atom. The van der Waals surface area contributed by atoms with Gasteiger partial charge in [0.25, 0.3) is 0 Å². The summed E-state index contributed by atoms with van der Waals surface area (Å²) >= 11 is 0. The van der Waals surface area contributed by atoms with Crippen molar-refractivity contribution in [1.29, 1.82) is 0 Å². The van der Waals surface area contributed by atoms with E-state index in [9.17, 15) is 9.59 Å². The van der Waals surface area contributed by atoms with Crippen molar-refractivity contribution in [2.24, 2.45) is 11.8 Å². The highest BCUT2D eigenvalue weighted by Crippen LogP contribution is 2.23. The second-order valence-corrected chi connectivity index (χ2v) is 5.96. The van der Waals surface area contributed by atoms with E-state index in [1.165, 1.54) is 7.11 Å². The lowest BCUT2D eigenvalue weighted by molar-refractivity contribution is -0.144. The van der Waals surface area contributed by atoms with Crippen LogP contribution in [0.15, 0.2) is 0 Å². The zero-order valence-electron chi connectivity index (χ0n) is 13.1. The van der Waals surface area contributed by atoms with Crippen LogP contribution in [0.4, 0.5) is 4.79 Å². The van der Waals surface area contributed by atoms with Crippen LogP contribution in [0.1, 0.15) is 52.9 Å². The Bertz CT molecular complexity index is 325. The van der Waals surface area contributed by atoms with Gasteiger partial charge in [0.15, 0.2) is 0 Å². The van der Waals surface area contributed by atoms with Crippen molar-refractivity contribution in [2.75, 3.05) is 7.11 Å². The Morgan fingerprint density at radius 3 is 2.35 bits per heavy atom. The molecule has 0 aromatic rings. The first-order chi connectivity index (χ1) is 9.47. The molecule has 0 bridgehead atoms. The number of carbonyl (C=O) groups excluding carboxylic acids is 2. The average molecular weight is 284 g/mol. The van der Waals surface area contributed by atoms with Crippen LogP contribution in [-0.4, -0.2) is 31.2 Å². The van der Waals surface area contributed by atoms with Crippen molar-refractivity contribution in [3.05, 3.63) is 0 Å². The third-order valence-corrected chi connectivity index (χ3v) is 4.31. The van der Waals surface area contributed by atoms with Gasteiger partial charge in [-0.25, -0.2) is 9.59 Å². The highest BCUT2D eigenvalue weighted by atomic mass is 16.5. The molecule has 1 saturated carbocycles. The van der Waals surface area contributed by atoms with Crippen LogP contribution in [-0.2, 0) is 9.53 Å². The molecule has 1 aliphatic rings.